The van der Waals surface area contributed by atoms with Gasteiger partial charge in [0.15, 0.2) is 4.87 Å². The van der Waals surface area contributed by atoms with Crippen LogP contribution in [0.15, 0.2) is 12.4 Å². The van der Waals surface area contributed by atoms with E-state index < -0.39 is 10.8 Å². The molecule has 11 heavy (non-hydrogen) atoms. The quantitative estimate of drug-likeness (QED) is 0.656. The summed E-state index contributed by atoms with van der Waals surface area (Å²) < 4.78 is 0. The molecule has 0 saturated carbocycles. The molecule has 0 bridgehead atoms. The first-order valence-corrected chi connectivity index (χ1v) is 3.35. The van der Waals surface area contributed by atoms with E-state index in [4.69, 9.17) is 16.7 Å². The van der Waals surface area contributed by atoms with Gasteiger partial charge < -0.3 is 10.1 Å². The minimum atomic E-state index is -1.45. The molecule has 0 saturated heterocycles. The third-order valence-electron chi connectivity index (χ3n) is 1.34. The Balaban J connectivity index is 3.00. The second kappa shape index (κ2) is 2.54. The molecule has 1 rings (SSSR count). The molecule has 1 aromatic rings. The fourth-order valence-corrected chi connectivity index (χ4v) is 0.727. The number of aromatic nitrogens is 2. The lowest BCUT2D eigenvalue weighted by molar-refractivity contribution is -0.140. The topological polar surface area (TPSA) is 66.0 Å². The first-order chi connectivity index (χ1) is 5.05. The molecule has 0 aliphatic rings. The van der Waals surface area contributed by atoms with E-state index in [-0.39, 0.29) is 5.82 Å². The monoisotopic (exact) mass is 174 g/mol. The van der Waals surface area contributed by atoms with E-state index in [1.54, 1.807) is 0 Å². The number of nitrogens with one attached hydrogen (secondary N) is 1. The van der Waals surface area contributed by atoms with Gasteiger partial charge in [0.1, 0.15) is 5.82 Å². The smallest absolute Gasteiger partial charge is 0.332 e. The summed E-state index contributed by atoms with van der Waals surface area (Å²) in [4.78, 5) is 15.4. The normalized spacial score (nSPS) is 15.8. The molecule has 0 radical (unpaired) electrons. The Morgan fingerprint density at radius 2 is 2.55 bits per heavy atom. The van der Waals surface area contributed by atoms with Gasteiger partial charge in [-0.05, 0) is 6.92 Å². The van der Waals surface area contributed by atoms with Gasteiger partial charge in [-0.15, -0.1) is 0 Å². The average molecular weight is 175 g/mol. The highest BCUT2D eigenvalue weighted by atomic mass is 35.5. The Morgan fingerprint density at radius 1 is 1.91 bits per heavy atom. The zero-order chi connectivity index (χ0) is 8.48. The van der Waals surface area contributed by atoms with Crippen molar-refractivity contribution < 1.29 is 9.90 Å². The first kappa shape index (κ1) is 8.07. The van der Waals surface area contributed by atoms with E-state index in [0.29, 0.717) is 0 Å². The predicted octanol–water partition coefficient (Wildman–Crippen LogP) is 0.948. The maximum atomic E-state index is 10.5. The molecule has 1 unspecified atom stereocenters. The number of carboxylic acids is 1. The number of imidazole rings is 1. The largest absolute Gasteiger partial charge is 0.480 e. The summed E-state index contributed by atoms with van der Waals surface area (Å²) >= 11 is 5.64. The highest BCUT2D eigenvalue weighted by Crippen LogP contribution is 2.24. The number of rotatable bonds is 2. The molecule has 4 nitrogen and oxygen atoms in total. The molecule has 0 aliphatic heterocycles. The lowest BCUT2D eigenvalue weighted by Gasteiger charge is -2.12. The lowest BCUT2D eigenvalue weighted by atomic mass is 10.1. The van der Waals surface area contributed by atoms with Gasteiger partial charge in [-0.1, -0.05) is 11.6 Å². The molecule has 0 spiro atoms. The van der Waals surface area contributed by atoms with Crippen molar-refractivity contribution in [3.05, 3.63) is 18.2 Å². The van der Waals surface area contributed by atoms with Crippen LogP contribution in [-0.4, -0.2) is 21.0 Å². The van der Waals surface area contributed by atoms with Gasteiger partial charge in [0, 0.05) is 12.4 Å². The van der Waals surface area contributed by atoms with E-state index in [1.807, 2.05) is 0 Å². The number of nitrogens with zero attached hydrogens (tertiary/aromatic N) is 1. The number of alkyl halides is 1. The van der Waals surface area contributed by atoms with Crippen molar-refractivity contribution in [1.82, 2.24) is 9.97 Å². The fourth-order valence-electron chi connectivity index (χ4n) is 0.623. The summed E-state index contributed by atoms with van der Waals surface area (Å²) in [6, 6.07) is 0. The number of aromatic amines is 1. The van der Waals surface area contributed by atoms with Crippen LogP contribution in [0.25, 0.3) is 0 Å². The van der Waals surface area contributed by atoms with E-state index in [9.17, 15) is 4.79 Å². The fraction of sp³-hybridized carbons (Fsp3) is 0.333. The number of carboxylic acid groups (broad SMARTS) is 1. The van der Waals surface area contributed by atoms with Gasteiger partial charge in [-0.25, -0.2) is 9.78 Å². The molecule has 2 N–H and O–H groups in total. The van der Waals surface area contributed by atoms with E-state index >= 15 is 0 Å². The molecule has 0 amide bonds. The lowest BCUT2D eigenvalue weighted by Crippen LogP contribution is -2.26. The van der Waals surface area contributed by atoms with Crippen molar-refractivity contribution in [2.45, 2.75) is 11.8 Å². The van der Waals surface area contributed by atoms with E-state index in [1.165, 1.54) is 19.3 Å². The Morgan fingerprint density at radius 3 is 2.91 bits per heavy atom. The molecule has 0 fully saturated rings. The third-order valence-corrected chi connectivity index (χ3v) is 1.69. The predicted molar refractivity (Wildman–Crippen MR) is 39.4 cm³/mol. The maximum absolute atomic E-state index is 10.5. The van der Waals surface area contributed by atoms with Crippen LogP contribution in [0.4, 0.5) is 0 Å². The summed E-state index contributed by atoms with van der Waals surface area (Å²) in [7, 11) is 0. The number of carbonyl (C=O) groups is 1. The summed E-state index contributed by atoms with van der Waals surface area (Å²) in [5, 5.41) is 8.62. The van der Waals surface area contributed by atoms with Crippen LogP contribution < -0.4 is 0 Å². The third kappa shape index (κ3) is 1.35. The summed E-state index contributed by atoms with van der Waals surface area (Å²) in [5.41, 5.74) is 0. The Bertz CT molecular complexity index is 256. The molecule has 1 aromatic heterocycles. The molecule has 5 heteroatoms. The number of hydrogen-bond acceptors (Lipinski definition) is 2. The number of aliphatic carboxylic acids is 1. The van der Waals surface area contributed by atoms with Crippen LogP contribution in [0.1, 0.15) is 12.7 Å². The molecule has 0 aromatic carbocycles. The SMILES string of the molecule is CC(Cl)(C(=O)O)c1ncc[nH]1. The molecule has 0 aliphatic carbocycles. The van der Waals surface area contributed by atoms with Crippen LogP contribution in [0.2, 0.25) is 0 Å². The van der Waals surface area contributed by atoms with Crippen molar-refractivity contribution in [1.29, 1.82) is 0 Å². The minimum Gasteiger partial charge on any atom is -0.480 e. The highest BCUT2D eigenvalue weighted by molar-refractivity contribution is 6.32. The van der Waals surface area contributed by atoms with Gasteiger partial charge in [0.2, 0.25) is 0 Å². The van der Waals surface area contributed by atoms with Gasteiger partial charge in [0.25, 0.3) is 0 Å². The second-order valence-corrected chi connectivity index (χ2v) is 3.00. The van der Waals surface area contributed by atoms with Crippen LogP contribution in [0.3, 0.4) is 0 Å². The van der Waals surface area contributed by atoms with Gasteiger partial charge >= 0.3 is 5.97 Å². The Labute approximate surface area is 68.2 Å². The Hall–Kier alpha value is -1.03. The van der Waals surface area contributed by atoms with Gasteiger partial charge in [0.05, 0.1) is 0 Å². The van der Waals surface area contributed by atoms with Crippen LogP contribution in [-0.2, 0) is 9.67 Å². The number of H-pyrrole nitrogens is 1. The van der Waals surface area contributed by atoms with Crippen LogP contribution in [0.5, 0.6) is 0 Å². The van der Waals surface area contributed by atoms with Crippen molar-refractivity contribution in [2.75, 3.05) is 0 Å². The summed E-state index contributed by atoms with van der Waals surface area (Å²) in [5.74, 6) is -0.874. The summed E-state index contributed by atoms with van der Waals surface area (Å²) in [6.07, 6.45) is 2.98. The van der Waals surface area contributed by atoms with Crippen molar-refractivity contribution >= 4 is 17.6 Å². The Kier molecular flexibility index (Phi) is 1.87. The maximum Gasteiger partial charge on any atom is 0.332 e. The van der Waals surface area contributed by atoms with Crippen molar-refractivity contribution in [3.8, 4) is 0 Å². The minimum absolute atomic E-state index is 0.242. The average Bonchev–Trinajstić information content (AvgIpc) is 2.37. The zero-order valence-corrected chi connectivity index (χ0v) is 6.59. The molecule has 1 heterocycles. The van der Waals surface area contributed by atoms with E-state index in [2.05, 4.69) is 9.97 Å². The molecular weight excluding hydrogens is 168 g/mol. The zero-order valence-electron chi connectivity index (χ0n) is 5.84. The van der Waals surface area contributed by atoms with Crippen molar-refractivity contribution in [2.24, 2.45) is 0 Å². The highest BCUT2D eigenvalue weighted by Gasteiger charge is 2.34. The van der Waals surface area contributed by atoms with E-state index in [0.717, 1.165) is 0 Å². The first-order valence-electron chi connectivity index (χ1n) is 2.97. The molecule has 60 valence electrons. The number of hydrogen-bond donors (Lipinski definition) is 2. The summed E-state index contributed by atoms with van der Waals surface area (Å²) in [6.45, 7) is 1.37. The number of halogens is 1. The standard InChI is InChI=1S/C6H7ClN2O2/c1-6(7,5(10)11)4-8-2-3-9-4/h2-3H,1H3,(H,8,9)(H,10,11). The van der Waals surface area contributed by atoms with Crippen molar-refractivity contribution in [3.63, 3.8) is 0 Å². The molecule has 1 atom stereocenters. The second-order valence-electron chi connectivity index (χ2n) is 2.25. The molecular formula is C6H7ClN2O2. The van der Waals surface area contributed by atoms with Crippen LogP contribution >= 0.6 is 11.6 Å². The van der Waals surface area contributed by atoms with Gasteiger partial charge in [-0.2, -0.15) is 0 Å². The van der Waals surface area contributed by atoms with Crippen LogP contribution in [0, 0.1) is 0 Å². The van der Waals surface area contributed by atoms with Gasteiger partial charge in [-0.3, -0.25) is 0 Å².